The molecule has 0 saturated carbocycles. The standard InChI is InChI=1S/C43H67FO5S3Si4/c1-10-11-12-19-22-34(2)45-38-26-24-35(33-37(38)44)39-28-29-42(51-39)43-31-30-41(52-43)40-27-25-36(50-40)23-20-17-15-13-14-16-18-21-32-56(9)48-54(5,6)46-53(3,4)47-55(7,8)49-56/h24-31,33-34H,10-23,32H2,1-9H3/t34-/m0/s1. The Balaban J connectivity index is 0.989. The topological polar surface area (TPSA) is 46.2 Å². The summed E-state index contributed by atoms with van der Waals surface area (Å²) in [5.74, 6) is 0.0597. The Labute approximate surface area is 354 Å². The van der Waals surface area contributed by atoms with Gasteiger partial charge < -0.3 is 21.2 Å². The van der Waals surface area contributed by atoms with Gasteiger partial charge in [0.1, 0.15) is 0 Å². The molecule has 13 heteroatoms. The second-order valence-electron chi connectivity index (χ2n) is 17.1. The SMILES string of the molecule is CCCCCC[C@H](C)Oc1ccc(-c2ccc(-c3ccc(-c4ccc(CCCCCCCCCC[Si]5(C)O[Si](C)(C)O[Si](C)(C)O[Si](C)(C)O5)s4)s3)s2)cc1F. The highest BCUT2D eigenvalue weighted by Crippen LogP contribution is 2.42. The van der Waals surface area contributed by atoms with Gasteiger partial charge in [-0.1, -0.05) is 71.1 Å². The van der Waals surface area contributed by atoms with Gasteiger partial charge >= 0.3 is 34.2 Å². The van der Waals surface area contributed by atoms with Crippen LogP contribution in [0.1, 0.15) is 102 Å². The van der Waals surface area contributed by atoms with E-state index >= 15 is 4.39 Å². The molecule has 3 aromatic heterocycles. The van der Waals surface area contributed by atoms with Crippen LogP contribution in [0, 0.1) is 5.82 Å². The van der Waals surface area contributed by atoms with E-state index in [-0.39, 0.29) is 11.9 Å². The lowest BCUT2D eigenvalue weighted by Gasteiger charge is -2.47. The van der Waals surface area contributed by atoms with E-state index in [9.17, 15) is 0 Å². The second kappa shape index (κ2) is 20.8. The molecule has 0 unspecified atom stereocenters. The van der Waals surface area contributed by atoms with Crippen LogP contribution in [0.15, 0.2) is 54.6 Å². The molecule has 0 spiro atoms. The highest BCUT2D eigenvalue weighted by molar-refractivity contribution is 7.27. The third-order valence-electron chi connectivity index (χ3n) is 10.1. The molecule has 5 rings (SSSR count). The molecule has 56 heavy (non-hydrogen) atoms. The molecule has 0 aliphatic carbocycles. The molecule has 1 atom stereocenters. The molecule has 4 heterocycles. The first-order chi connectivity index (χ1) is 26.5. The monoisotopic (exact) mass is 890 g/mol. The summed E-state index contributed by atoms with van der Waals surface area (Å²) in [5.41, 5.74) is 0.896. The predicted molar refractivity (Wildman–Crippen MR) is 249 cm³/mol. The molecule has 1 aliphatic heterocycles. The third-order valence-corrected chi connectivity index (χ3v) is 30.3. The highest BCUT2D eigenvalue weighted by atomic mass is 32.1. The summed E-state index contributed by atoms with van der Waals surface area (Å²) in [6.45, 7) is 19.3. The lowest BCUT2D eigenvalue weighted by molar-refractivity contribution is 0.197. The van der Waals surface area contributed by atoms with Crippen LogP contribution in [0.25, 0.3) is 29.9 Å². The molecule has 1 saturated heterocycles. The number of ether oxygens (including phenoxy) is 1. The molecule has 0 N–H and O–H groups in total. The molecular formula is C43H67FO5S3Si4. The smallest absolute Gasteiger partial charge is 0.317 e. The van der Waals surface area contributed by atoms with E-state index < -0.39 is 34.2 Å². The summed E-state index contributed by atoms with van der Waals surface area (Å²) in [4.78, 5) is 7.68. The van der Waals surface area contributed by atoms with Crippen molar-refractivity contribution in [2.45, 2.75) is 162 Å². The van der Waals surface area contributed by atoms with Gasteiger partial charge in [0.15, 0.2) is 11.6 Å². The number of hydrogen-bond acceptors (Lipinski definition) is 8. The van der Waals surface area contributed by atoms with Crippen LogP contribution in [0.3, 0.4) is 0 Å². The zero-order chi connectivity index (χ0) is 40.4. The Morgan fingerprint density at radius 3 is 1.68 bits per heavy atom. The van der Waals surface area contributed by atoms with Crippen molar-refractivity contribution < 1.29 is 25.6 Å². The van der Waals surface area contributed by atoms with Crippen molar-refractivity contribution in [3.05, 3.63) is 65.3 Å². The average molecular weight is 892 g/mol. The van der Waals surface area contributed by atoms with Crippen LogP contribution in [0.2, 0.25) is 51.9 Å². The van der Waals surface area contributed by atoms with Crippen molar-refractivity contribution in [1.29, 1.82) is 0 Å². The molecule has 0 amide bonds. The van der Waals surface area contributed by atoms with Gasteiger partial charge in [0.25, 0.3) is 0 Å². The number of rotatable bonds is 21. The molecular weight excluding hydrogens is 824 g/mol. The maximum absolute atomic E-state index is 15.0. The summed E-state index contributed by atoms with van der Waals surface area (Å²) in [6, 6.07) is 19.8. The molecule has 1 fully saturated rings. The quantitative estimate of drug-likeness (QED) is 0.0616. The van der Waals surface area contributed by atoms with E-state index in [0.717, 1.165) is 42.2 Å². The lowest BCUT2D eigenvalue weighted by atomic mass is 10.1. The molecule has 5 nitrogen and oxygen atoms in total. The molecule has 0 bridgehead atoms. The van der Waals surface area contributed by atoms with Gasteiger partial charge in [-0.2, -0.15) is 0 Å². The minimum Gasteiger partial charge on any atom is -0.488 e. The zero-order valence-electron chi connectivity index (χ0n) is 35.5. The maximum Gasteiger partial charge on any atom is 0.317 e. The Hall–Kier alpha value is -1.24. The Kier molecular flexibility index (Phi) is 17.0. The van der Waals surface area contributed by atoms with Gasteiger partial charge in [-0.15, -0.1) is 34.0 Å². The van der Waals surface area contributed by atoms with Gasteiger partial charge in [-0.3, -0.25) is 0 Å². The normalized spacial score (nSPS) is 18.0. The van der Waals surface area contributed by atoms with Crippen LogP contribution < -0.4 is 4.74 Å². The first-order valence-electron chi connectivity index (χ1n) is 21.1. The van der Waals surface area contributed by atoms with Crippen molar-refractivity contribution in [2.24, 2.45) is 0 Å². The maximum atomic E-state index is 15.0. The molecule has 0 radical (unpaired) electrons. The Bertz CT molecular complexity index is 1780. The van der Waals surface area contributed by atoms with Gasteiger partial charge in [-0.25, -0.2) is 4.39 Å². The van der Waals surface area contributed by atoms with Crippen LogP contribution in [-0.2, 0) is 22.9 Å². The van der Waals surface area contributed by atoms with E-state index in [4.69, 9.17) is 21.2 Å². The number of unbranched alkanes of at least 4 members (excludes halogenated alkanes) is 10. The van der Waals surface area contributed by atoms with Crippen molar-refractivity contribution in [1.82, 2.24) is 0 Å². The number of thiophene rings is 3. The largest absolute Gasteiger partial charge is 0.488 e. The van der Waals surface area contributed by atoms with Gasteiger partial charge in [0.2, 0.25) is 0 Å². The van der Waals surface area contributed by atoms with Crippen LogP contribution in [0.4, 0.5) is 4.39 Å². The minimum atomic E-state index is -2.34. The summed E-state index contributed by atoms with van der Waals surface area (Å²) in [5, 5.41) is 0. The fourth-order valence-electron chi connectivity index (χ4n) is 7.97. The number of aryl methyl sites for hydroxylation is 1. The highest BCUT2D eigenvalue weighted by Gasteiger charge is 2.52. The van der Waals surface area contributed by atoms with Crippen molar-refractivity contribution >= 4 is 68.3 Å². The van der Waals surface area contributed by atoms with Crippen LogP contribution in [-0.4, -0.2) is 40.3 Å². The fourth-order valence-corrected chi connectivity index (χ4v) is 32.9. The van der Waals surface area contributed by atoms with Crippen LogP contribution in [0.5, 0.6) is 5.75 Å². The van der Waals surface area contributed by atoms with Crippen molar-refractivity contribution in [2.75, 3.05) is 0 Å². The van der Waals surface area contributed by atoms with E-state index in [1.165, 1.54) is 88.6 Å². The number of benzene rings is 1. The van der Waals surface area contributed by atoms with E-state index in [1.54, 1.807) is 23.5 Å². The van der Waals surface area contributed by atoms with Gasteiger partial charge in [0, 0.05) is 29.3 Å². The third kappa shape index (κ3) is 14.5. The summed E-state index contributed by atoms with van der Waals surface area (Å²) in [6.07, 6.45) is 17.1. The number of halogens is 1. The van der Waals surface area contributed by atoms with E-state index in [1.807, 2.05) is 35.7 Å². The van der Waals surface area contributed by atoms with Crippen molar-refractivity contribution in [3.63, 3.8) is 0 Å². The minimum absolute atomic E-state index is 0.0135. The molecule has 1 aliphatic rings. The summed E-state index contributed by atoms with van der Waals surface area (Å²) in [7, 11) is -9.16. The van der Waals surface area contributed by atoms with Gasteiger partial charge in [-0.05, 0) is 145 Å². The molecule has 1 aromatic carbocycles. The Morgan fingerprint density at radius 2 is 1.07 bits per heavy atom. The summed E-state index contributed by atoms with van der Waals surface area (Å²) < 4.78 is 47.5. The lowest BCUT2D eigenvalue weighted by Crippen LogP contribution is -2.64. The average Bonchev–Trinajstić information content (AvgIpc) is 3.88. The van der Waals surface area contributed by atoms with E-state index in [0.29, 0.717) is 5.75 Å². The van der Waals surface area contributed by atoms with Crippen LogP contribution >= 0.6 is 34.0 Å². The fraction of sp³-hybridized carbons (Fsp3) is 0.581. The number of hydrogen-bond donors (Lipinski definition) is 0. The van der Waals surface area contributed by atoms with E-state index in [2.05, 4.69) is 89.2 Å². The first-order valence-corrected chi connectivity index (χ1v) is 34.5. The predicted octanol–water partition coefficient (Wildman–Crippen LogP) is 15.7. The van der Waals surface area contributed by atoms with Gasteiger partial charge in [0.05, 0.1) is 6.10 Å². The first kappa shape index (κ1) is 45.8. The summed E-state index contributed by atoms with van der Waals surface area (Å²) >= 11 is 5.50. The molecule has 310 valence electrons. The van der Waals surface area contributed by atoms with Crippen molar-refractivity contribution in [3.8, 4) is 35.7 Å². The second-order valence-corrected chi connectivity index (χ2v) is 34.9. The zero-order valence-corrected chi connectivity index (χ0v) is 42.0. The molecule has 4 aromatic rings. The Morgan fingerprint density at radius 1 is 0.571 bits per heavy atom.